The fraction of sp³-hybridized carbons (Fsp3) is 0.278. The quantitative estimate of drug-likeness (QED) is 0.313. The van der Waals surface area contributed by atoms with Gasteiger partial charge in [0, 0.05) is 35.5 Å². The van der Waals surface area contributed by atoms with Crippen molar-refractivity contribution < 1.29 is 14.1 Å². The second-order valence-corrected chi connectivity index (χ2v) is 8.04. The Morgan fingerprint density at radius 2 is 1.89 bits per heavy atom. The van der Waals surface area contributed by atoms with Crippen molar-refractivity contribution in [3.63, 3.8) is 0 Å². The zero-order chi connectivity index (χ0) is 19.7. The lowest BCUT2D eigenvalue weighted by Gasteiger charge is -2.36. The van der Waals surface area contributed by atoms with Gasteiger partial charge in [-0.3, -0.25) is 14.9 Å². The van der Waals surface area contributed by atoms with Crippen LogP contribution in [0.4, 0.5) is 15.8 Å². The molecule has 0 aliphatic carbocycles. The Bertz CT molecular complexity index is 889. The molecule has 1 amide bonds. The number of piperidine rings is 1. The molecule has 1 fully saturated rings. The van der Waals surface area contributed by atoms with Gasteiger partial charge in [-0.25, -0.2) is 4.39 Å². The van der Waals surface area contributed by atoms with Crippen LogP contribution in [0.3, 0.4) is 0 Å². The lowest BCUT2D eigenvalue weighted by atomic mass is 9.90. The Kier molecular flexibility index (Phi) is 6.03. The minimum atomic E-state index is -0.602. The average molecular weight is 476 g/mol. The first kappa shape index (κ1) is 20.0. The van der Waals surface area contributed by atoms with Gasteiger partial charge in [0.15, 0.2) is 0 Å². The molecular weight excluding hydrogens is 462 g/mol. The zero-order valence-corrected chi connectivity index (χ0v) is 17.0. The molecule has 0 radical (unpaired) electrons. The normalized spacial score (nSPS) is 18.4. The van der Waals surface area contributed by atoms with Gasteiger partial charge in [0.2, 0.25) is 5.91 Å². The lowest BCUT2D eigenvalue weighted by Crippen LogP contribution is -2.41. The second kappa shape index (κ2) is 8.12. The number of alkyl halides is 1. The summed E-state index contributed by atoms with van der Waals surface area (Å²) in [5.74, 6) is -0.590. The average Bonchev–Trinajstić information content (AvgIpc) is 2.62. The topological polar surface area (TPSA) is 63.5 Å². The number of hydrogen-bond acceptors (Lipinski definition) is 3. The van der Waals surface area contributed by atoms with E-state index in [1.165, 1.54) is 23.1 Å². The van der Waals surface area contributed by atoms with E-state index >= 15 is 0 Å². The van der Waals surface area contributed by atoms with Crippen molar-refractivity contribution in [1.82, 2.24) is 0 Å². The number of rotatable bonds is 4. The van der Waals surface area contributed by atoms with Crippen LogP contribution in [-0.2, 0) is 4.79 Å². The van der Waals surface area contributed by atoms with E-state index in [1.54, 1.807) is 18.2 Å². The molecular formula is C18H14BrCl2FN2O3. The number of anilines is 1. The summed E-state index contributed by atoms with van der Waals surface area (Å²) in [5.41, 5.74) is 0.504. The van der Waals surface area contributed by atoms with Gasteiger partial charge in [0.1, 0.15) is 5.82 Å². The van der Waals surface area contributed by atoms with Crippen LogP contribution in [-0.4, -0.2) is 17.4 Å². The van der Waals surface area contributed by atoms with Crippen molar-refractivity contribution >= 4 is 56.4 Å². The van der Waals surface area contributed by atoms with E-state index in [2.05, 4.69) is 15.9 Å². The van der Waals surface area contributed by atoms with Crippen molar-refractivity contribution in [3.8, 4) is 0 Å². The number of non-ortho nitro benzene ring substituents is 1. The van der Waals surface area contributed by atoms with E-state index in [9.17, 15) is 19.3 Å². The van der Waals surface area contributed by atoms with Crippen LogP contribution in [0.5, 0.6) is 0 Å². The number of nitrogens with zero attached hydrogens (tertiary/aromatic N) is 2. The molecule has 0 aromatic heterocycles. The molecule has 2 aromatic rings. The van der Waals surface area contributed by atoms with E-state index in [0.29, 0.717) is 12.0 Å². The highest BCUT2D eigenvalue weighted by Crippen LogP contribution is 2.43. The predicted molar refractivity (Wildman–Crippen MR) is 106 cm³/mol. The van der Waals surface area contributed by atoms with Gasteiger partial charge in [-0.15, -0.1) is 0 Å². The molecule has 2 aromatic carbocycles. The van der Waals surface area contributed by atoms with E-state index < -0.39 is 4.92 Å². The van der Waals surface area contributed by atoms with E-state index in [0.717, 1.165) is 0 Å². The zero-order valence-electron chi connectivity index (χ0n) is 13.9. The van der Waals surface area contributed by atoms with Crippen molar-refractivity contribution in [2.24, 2.45) is 5.92 Å². The fourth-order valence-corrected chi connectivity index (χ4v) is 4.68. The summed E-state index contributed by atoms with van der Waals surface area (Å²) < 4.78 is 14.1. The number of halogens is 4. The molecule has 1 aliphatic rings. The van der Waals surface area contributed by atoms with Crippen LogP contribution in [0.15, 0.2) is 36.4 Å². The number of benzene rings is 2. The first-order chi connectivity index (χ1) is 12.8. The van der Waals surface area contributed by atoms with Crippen LogP contribution in [0.25, 0.3) is 0 Å². The lowest BCUT2D eigenvalue weighted by molar-refractivity contribution is -0.384. The molecule has 0 N–H and O–H groups in total. The van der Waals surface area contributed by atoms with E-state index in [4.69, 9.17) is 23.2 Å². The van der Waals surface area contributed by atoms with Crippen LogP contribution in [0.2, 0.25) is 10.0 Å². The third kappa shape index (κ3) is 4.10. The second-order valence-electron chi connectivity index (χ2n) is 6.24. The van der Waals surface area contributed by atoms with Crippen LogP contribution in [0, 0.1) is 21.8 Å². The molecule has 0 saturated carbocycles. The molecule has 0 bridgehead atoms. The van der Waals surface area contributed by atoms with Gasteiger partial charge in [0.05, 0.1) is 20.7 Å². The molecule has 0 spiro atoms. The molecule has 2 atom stereocenters. The minimum Gasteiger partial charge on any atom is -0.309 e. The third-order valence-electron chi connectivity index (χ3n) is 4.55. The highest BCUT2D eigenvalue weighted by molar-refractivity contribution is 9.09. The Balaban J connectivity index is 1.92. The summed E-state index contributed by atoms with van der Waals surface area (Å²) in [5, 5.41) is 11.0. The Hall–Kier alpha value is -1.70. The van der Waals surface area contributed by atoms with Gasteiger partial charge in [0.25, 0.3) is 5.69 Å². The van der Waals surface area contributed by atoms with Gasteiger partial charge in [-0.2, -0.15) is 0 Å². The van der Waals surface area contributed by atoms with E-state index in [-0.39, 0.29) is 56.9 Å². The SMILES string of the molecule is O=C1CC[C@H]([C@H](Br)c2ccccc2F)CN1c1c(Cl)cc([N+](=O)[O-])cc1Cl. The molecule has 0 unspecified atom stereocenters. The number of carbonyl (C=O) groups is 1. The van der Waals surface area contributed by atoms with Crippen LogP contribution in [0.1, 0.15) is 23.2 Å². The summed E-state index contributed by atoms with van der Waals surface area (Å²) in [4.78, 5) is 24.0. The molecule has 3 rings (SSSR count). The number of hydrogen-bond donors (Lipinski definition) is 0. The molecule has 5 nitrogen and oxygen atoms in total. The maximum atomic E-state index is 14.1. The van der Waals surface area contributed by atoms with Gasteiger partial charge >= 0.3 is 0 Å². The van der Waals surface area contributed by atoms with Crippen molar-refractivity contribution in [2.75, 3.05) is 11.4 Å². The van der Waals surface area contributed by atoms with Crippen LogP contribution >= 0.6 is 39.1 Å². The van der Waals surface area contributed by atoms with Crippen LogP contribution < -0.4 is 4.90 Å². The van der Waals surface area contributed by atoms with Crippen molar-refractivity contribution in [2.45, 2.75) is 17.7 Å². The minimum absolute atomic E-state index is 0.0280. The maximum Gasteiger partial charge on any atom is 0.272 e. The predicted octanol–water partition coefficient (Wildman–Crippen LogP) is 5.92. The molecule has 27 heavy (non-hydrogen) atoms. The Morgan fingerprint density at radius 1 is 1.26 bits per heavy atom. The molecule has 1 saturated heterocycles. The maximum absolute atomic E-state index is 14.1. The summed E-state index contributed by atoms with van der Waals surface area (Å²) >= 11 is 15.9. The number of carbonyl (C=O) groups excluding carboxylic acids is 1. The monoisotopic (exact) mass is 474 g/mol. The first-order valence-electron chi connectivity index (χ1n) is 8.12. The summed E-state index contributed by atoms with van der Waals surface area (Å²) in [7, 11) is 0. The summed E-state index contributed by atoms with van der Waals surface area (Å²) in [6.07, 6.45) is 0.812. The molecule has 1 aliphatic heterocycles. The van der Waals surface area contributed by atoms with Gasteiger partial charge < -0.3 is 4.90 Å². The highest BCUT2D eigenvalue weighted by Gasteiger charge is 2.34. The van der Waals surface area contributed by atoms with Crippen molar-refractivity contribution in [1.29, 1.82) is 0 Å². The largest absolute Gasteiger partial charge is 0.309 e. The first-order valence-corrected chi connectivity index (χ1v) is 9.79. The number of amides is 1. The fourth-order valence-electron chi connectivity index (χ4n) is 3.19. The molecule has 142 valence electrons. The summed E-state index contributed by atoms with van der Waals surface area (Å²) in [6, 6.07) is 8.79. The number of nitro groups is 1. The third-order valence-corrected chi connectivity index (χ3v) is 6.36. The molecule has 9 heteroatoms. The Morgan fingerprint density at radius 3 is 2.48 bits per heavy atom. The number of nitro benzene ring substituents is 1. The summed E-state index contributed by atoms with van der Waals surface area (Å²) in [6.45, 7) is 0.264. The highest BCUT2D eigenvalue weighted by atomic mass is 79.9. The van der Waals surface area contributed by atoms with Crippen molar-refractivity contribution in [3.05, 3.63) is 67.9 Å². The molecule has 1 heterocycles. The standard InChI is InChI=1S/C18H14BrCl2FN2O3/c19-17(12-3-1-2-4-15(12)22)10-5-6-16(25)23(9-10)18-13(20)7-11(24(26)27)8-14(18)21/h1-4,7-8,10,17H,5-6,9H2/t10-,17-/m0/s1. The Labute approximate surface area is 173 Å². The van der Waals surface area contributed by atoms with Gasteiger partial charge in [-0.1, -0.05) is 57.3 Å². The van der Waals surface area contributed by atoms with E-state index in [1.807, 2.05) is 0 Å². The smallest absolute Gasteiger partial charge is 0.272 e. The van der Waals surface area contributed by atoms with Gasteiger partial charge in [-0.05, 0) is 18.4 Å².